The molecule has 0 heterocycles. The first kappa shape index (κ1) is 12.9. The van der Waals surface area contributed by atoms with Crippen LogP contribution in [-0.4, -0.2) is 17.9 Å². The fourth-order valence-corrected chi connectivity index (χ4v) is 1.48. The van der Waals surface area contributed by atoms with E-state index in [2.05, 4.69) is 0 Å². The summed E-state index contributed by atoms with van der Waals surface area (Å²) in [5, 5.41) is 7.26. The molecule has 3 N–H and O–H groups in total. The highest BCUT2D eigenvalue weighted by atomic mass is 16.6. The van der Waals surface area contributed by atoms with Gasteiger partial charge in [-0.05, 0) is 32.4 Å². The molecule has 0 rings (SSSR count). The van der Waals surface area contributed by atoms with Gasteiger partial charge in [0, 0.05) is 5.92 Å². The van der Waals surface area contributed by atoms with Gasteiger partial charge in [-0.2, -0.15) is 0 Å². The molecule has 0 aliphatic carbocycles. The first-order valence-corrected chi connectivity index (χ1v) is 4.84. The Bertz CT molecular complexity index is 214. The maximum atomic E-state index is 10.7. The van der Waals surface area contributed by atoms with E-state index in [1.165, 1.54) is 6.21 Å². The molecular weight excluding hydrogens is 180 g/mol. The smallest absolute Gasteiger partial charge is 0.405 e. The molecule has 4 heteroatoms. The van der Waals surface area contributed by atoms with E-state index in [4.69, 9.17) is 15.9 Å². The molecule has 2 atom stereocenters. The molecule has 1 unspecified atom stereocenters. The summed E-state index contributed by atoms with van der Waals surface area (Å²) in [6, 6.07) is 0. The number of hydrogen-bond donors (Lipinski definition) is 2. The lowest BCUT2D eigenvalue weighted by molar-refractivity contribution is -0.00637. The number of carbonyl (C=O) groups is 1. The Hall–Kier alpha value is -1.06. The van der Waals surface area contributed by atoms with Crippen molar-refractivity contribution in [3.8, 4) is 0 Å². The van der Waals surface area contributed by atoms with Crippen LogP contribution in [0.5, 0.6) is 0 Å². The van der Waals surface area contributed by atoms with Crippen molar-refractivity contribution >= 4 is 12.3 Å². The van der Waals surface area contributed by atoms with Gasteiger partial charge in [0.2, 0.25) is 0 Å². The number of ether oxygens (including phenoxy) is 1. The van der Waals surface area contributed by atoms with Gasteiger partial charge in [-0.25, -0.2) is 4.79 Å². The van der Waals surface area contributed by atoms with Gasteiger partial charge < -0.3 is 15.9 Å². The van der Waals surface area contributed by atoms with Gasteiger partial charge in [-0.1, -0.05) is 13.8 Å². The number of rotatable bonds is 5. The zero-order chi connectivity index (χ0) is 11.4. The Labute approximate surface area is 85.3 Å². The zero-order valence-corrected chi connectivity index (χ0v) is 9.33. The quantitative estimate of drug-likeness (QED) is 0.667. The van der Waals surface area contributed by atoms with Crippen LogP contribution in [0.25, 0.3) is 0 Å². The van der Waals surface area contributed by atoms with Crippen LogP contribution >= 0.6 is 0 Å². The first-order chi connectivity index (χ1) is 6.35. The third kappa shape index (κ3) is 3.36. The van der Waals surface area contributed by atoms with E-state index < -0.39 is 11.7 Å². The summed E-state index contributed by atoms with van der Waals surface area (Å²) in [5.41, 5.74) is 4.36. The third-order valence-electron chi connectivity index (χ3n) is 2.79. The molecule has 0 aromatic carbocycles. The molecule has 0 bridgehead atoms. The lowest BCUT2D eigenvalue weighted by Gasteiger charge is -2.34. The van der Waals surface area contributed by atoms with Gasteiger partial charge >= 0.3 is 6.09 Å². The van der Waals surface area contributed by atoms with E-state index in [1.807, 2.05) is 27.7 Å². The summed E-state index contributed by atoms with van der Waals surface area (Å²) in [4.78, 5) is 10.7. The van der Waals surface area contributed by atoms with Crippen LogP contribution in [0, 0.1) is 17.2 Å². The summed E-state index contributed by atoms with van der Waals surface area (Å²) in [6.45, 7) is 7.60. The van der Waals surface area contributed by atoms with Gasteiger partial charge in [-0.15, -0.1) is 0 Å². The molecule has 0 saturated heterocycles. The van der Waals surface area contributed by atoms with Crippen LogP contribution in [0.15, 0.2) is 0 Å². The Kier molecular flexibility index (Phi) is 4.60. The molecule has 0 aromatic heterocycles. The van der Waals surface area contributed by atoms with E-state index in [-0.39, 0.29) is 11.8 Å². The van der Waals surface area contributed by atoms with E-state index in [9.17, 15) is 4.79 Å². The Morgan fingerprint density at radius 2 is 2.14 bits per heavy atom. The SMILES string of the molecule is CC[C@H](C=N)C(C)C(C)(C)OC(N)=O. The third-order valence-corrected chi connectivity index (χ3v) is 2.79. The van der Waals surface area contributed by atoms with Crippen LogP contribution in [0.4, 0.5) is 4.79 Å². The fourth-order valence-electron chi connectivity index (χ4n) is 1.48. The predicted octanol–water partition coefficient (Wildman–Crippen LogP) is 2.17. The highest BCUT2D eigenvalue weighted by Crippen LogP contribution is 2.28. The molecule has 0 radical (unpaired) electrons. The Morgan fingerprint density at radius 1 is 1.64 bits per heavy atom. The molecule has 0 aliphatic heterocycles. The predicted molar refractivity (Wildman–Crippen MR) is 56.5 cm³/mol. The van der Waals surface area contributed by atoms with Crippen molar-refractivity contribution in [2.75, 3.05) is 0 Å². The summed E-state index contributed by atoms with van der Waals surface area (Å²) in [6.07, 6.45) is 1.49. The summed E-state index contributed by atoms with van der Waals surface area (Å²) in [5.74, 6) is 0.196. The normalized spacial score (nSPS) is 15.7. The number of amides is 1. The second kappa shape index (κ2) is 4.98. The highest BCUT2D eigenvalue weighted by molar-refractivity contribution is 5.65. The summed E-state index contributed by atoms with van der Waals surface area (Å²) < 4.78 is 5.02. The van der Waals surface area contributed by atoms with Gasteiger partial charge in [0.25, 0.3) is 0 Å². The van der Waals surface area contributed by atoms with E-state index in [0.29, 0.717) is 0 Å². The van der Waals surface area contributed by atoms with Crippen molar-refractivity contribution in [3.05, 3.63) is 0 Å². The fraction of sp³-hybridized carbons (Fsp3) is 0.800. The maximum absolute atomic E-state index is 10.7. The van der Waals surface area contributed by atoms with Gasteiger partial charge in [0.05, 0.1) is 0 Å². The second-order valence-electron chi connectivity index (χ2n) is 4.05. The Morgan fingerprint density at radius 3 is 2.43 bits per heavy atom. The van der Waals surface area contributed by atoms with Crippen molar-refractivity contribution in [3.63, 3.8) is 0 Å². The van der Waals surface area contributed by atoms with Crippen LogP contribution in [0.3, 0.4) is 0 Å². The highest BCUT2D eigenvalue weighted by Gasteiger charge is 2.33. The van der Waals surface area contributed by atoms with E-state index >= 15 is 0 Å². The number of primary amides is 1. The molecule has 0 spiro atoms. The van der Waals surface area contributed by atoms with Crippen LogP contribution in [0.1, 0.15) is 34.1 Å². The molecule has 14 heavy (non-hydrogen) atoms. The average molecular weight is 200 g/mol. The number of nitrogens with one attached hydrogen (secondary N) is 1. The van der Waals surface area contributed by atoms with Crippen molar-refractivity contribution in [2.45, 2.75) is 39.7 Å². The molecular formula is C10H20N2O2. The van der Waals surface area contributed by atoms with Crippen molar-refractivity contribution in [1.82, 2.24) is 0 Å². The van der Waals surface area contributed by atoms with Crippen molar-refractivity contribution in [2.24, 2.45) is 17.6 Å². The van der Waals surface area contributed by atoms with E-state index in [0.717, 1.165) is 6.42 Å². The minimum Gasteiger partial charge on any atom is -0.443 e. The summed E-state index contributed by atoms with van der Waals surface area (Å²) in [7, 11) is 0. The minimum atomic E-state index is -0.762. The molecule has 1 amide bonds. The monoisotopic (exact) mass is 200 g/mol. The second-order valence-corrected chi connectivity index (χ2v) is 4.05. The van der Waals surface area contributed by atoms with Crippen molar-refractivity contribution < 1.29 is 9.53 Å². The number of carbonyl (C=O) groups excluding carboxylic acids is 1. The molecule has 4 nitrogen and oxygen atoms in total. The zero-order valence-electron chi connectivity index (χ0n) is 9.33. The average Bonchev–Trinajstić information content (AvgIpc) is 2.04. The first-order valence-electron chi connectivity index (χ1n) is 4.84. The Balaban J connectivity index is 4.53. The molecule has 0 fully saturated rings. The van der Waals surface area contributed by atoms with Crippen LogP contribution in [0.2, 0.25) is 0 Å². The van der Waals surface area contributed by atoms with Gasteiger partial charge in [0.15, 0.2) is 0 Å². The summed E-state index contributed by atoms with van der Waals surface area (Å²) >= 11 is 0. The number of nitrogens with two attached hydrogens (primary N) is 1. The lowest BCUT2D eigenvalue weighted by atomic mass is 9.81. The maximum Gasteiger partial charge on any atom is 0.405 e. The molecule has 0 aliphatic rings. The standard InChI is InChI=1S/C10H20N2O2/c1-5-8(6-11)7(2)10(3,4)14-9(12)13/h6-8,11H,5H2,1-4H3,(H2,12,13)/t7?,8-/m1/s1. The van der Waals surface area contributed by atoms with Crippen molar-refractivity contribution in [1.29, 1.82) is 5.41 Å². The number of hydrogen-bond acceptors (Lipinski definition) is 3. The van der Waals surface area contributed by atoms with Gasteiger partial charge in [0.1, 0.15) is 5.60 Å². The van der Waals surface area contributed by atoms with E-state index in [1.54, 1.807) is 0 Å². The molecule has 0 saturated carbocycles. The van der Waals surface area contributed by atoms with Gasteiger partial charge in [-0.3, -0.25) is 0 Å². The topological polar surface area (TPSA) is 76.2 Å². The lowest BCUT2D eigenvalue weighted by Crippen LogP contribution is -2.40. The molecule has 82 valence electrons. The molecule has 0 aromatic rings. The van der Waals surface area contributed by atoms with Crippen LogP contribution in [-0.2, 0) is 4.74 Å². The largest absolute Gasteiger partial charge is 0.443 e. The van der Waals surface area contributed by atoms with Crippen LogP contribution < -0.4 is 5.73 Å². The minimum absolute atomic E-state index is 0.0810.